The van der Waals surface area contributed by atoms with Crippen LogP contribution in [-0.2, 0) is 9.53 Å². The van der Waals surface area contributed by atoms with Gasteiger partial charge in [-0.3, -0.25) is 4.79 Å². The number of nitrogens with zero attached hydrogens (tertiary/aromatic N) is 2. The van der Waals surface area contributed by atoms with Gasteiger partial charge in [-0.25, -0.2) is 4.79 Å². The predicted octanol–water partition coefficient (Wildman–Crippen LogP) is 0.375. The Morgan fingerprint density at radius 1 is 1.24 bits per heavy atom. The summed E-state index contributed by atoms with van der Waals surface area (Å²) in [4.78, 5) is 27.3. The van der Waals surface area contributed by atoms with Crippen LogP contribution in [0.4, 0.5) is 4.79 Å². The fraction of sp³-hybridized carbons (Fsp3) is 0.857. The summed E-state index contributed by atoms with van der Waals surface area (Å²) in [5.41, 5.74) is 0. The van der Waals surface area contributed by atoms with Gasteiger partial charge in [0, 0.05) is 19.1 Å². The third-order valence-electron chi connectivity index (χ3n) is 4.46. The maximum Gasteiger partial charge on any atom is 0.320 e. The molecule has 1 aliphatic carbocycles. The first-order valence-electron chi connectivity index (χ1n) is 7.58. The topological polar surface area (TPSA) is 90.3 Å². The van der Waals surface area contributed by atoms with E-state index in [-0.39, 0.29) is 31.9 Å². The minimum Gasteiger partial charge on any atom is -0.481 e. The van der Waals surface area contributed by atoms with E-state index in [2.05, 4.69) is 0 Å². The molecule has 21 heavy (non-hydrogen) atoms. The molecular weight excluding hydrogens is 276 g/mol. The van der Waals surface area contributed by atoms with Crippen LogP contribution < -0.4 is 0 Å². The van der Waals surface area contributed by atoms with Crippen LogP contribution in [0, 0.1) is 5.92 Å². The van der Waals surface area contributed by atoms with E-state index < -0.39 is 17.9 Å². The highest BCUT2D eigenvalue weighted by Gasteiger charge is 2.42. The van der Waals surface area contributed by atoms with Crippen LogP contribution in [0.2, 0.25) is 0 Å². The molecule has 2 fully saturated rings. The Morgan fingerprint density at radius 2 is 1.95 bits per heavy atom. The van der Waals surface area contributed by atoms with E-state index in [9.17, 15) is 19.8 Å². The number of carbonyl (C=O) groups is 2. The normalized spacial score (nSPS) is 25.4. The first-order chi connectivity index (χ1) is 10.1. The van der Waals surface area contributed by atoms with Gasteiger partial charge in [-0.2, -0.15) is 0 Å². The van der Waals surface area contributed by atoms with Crippen LogP contribution >= 0.6 is 0 Å². The molecule has 1 saturated heterocycles. The Balaban J connectivity index is 2.10. The molecule has 1 heterocycles. The Hall–Kier alpha value is -1.34. The number of likely N-dealkylation sites (N-methyl/N-ethyl adjacent to an activating group) is 1. The number of hydrogen-bond acceptors (Lipinski definition) is 4. The summed E-state index contributed by atoms with van der Waals surface area (Å²) >= 11 is 0. The van der Waals surface area contributed by atoms with Crippen molar-refractivity contribution in [3.63, 3.8) is 0 Å². The highest BCUT2D eigenvalue weighted by molar-refractivity contribution is 5.77. The smallest absolute Gasteiger partial charge is 0.320 e. The molecule has 1 saturated carbocycles. The lowest BCUT2D eigenvalue weighted by atomic mass is 9.91. The van der Waals surface area contributed by atoms with Gasteiger partial charge in [-0.15, -0.1) is 0 Å². The minimum atomic E-state index is -0.930. The summed E-state index contributed by atoms with van der Waals surface area (Å²) in [5, 5.41) is 18.4. The van der Waals surface area contributed by atoms with Crippen molar-refractivity contribution in [3.05, 3.63) is 0 Å². The molecule has 7 heteroatoms. The maximum absolute atomic E-state index is 12.7. The predicted molar refractivity (Wildman–Crippen MR) is 74.9 cm³/mol. The molecule has 2 rings (SSSR count). The number of carboxylic acid groups (broad SMARTS) is 1. The van der Waals surface area contributed by atoms with Crippen molar-refractivity contribution in [1.82, 2.24) is 9.80 Å². The monoisotopic (exact) mass is 300 g/mol. The highest BCUT2D eigenvalue weighted by Crippen LogP contribution is 2.27. The quantitative estimate of drug-likeness (QED) is 0.740. The maximum atomic E-state index is 12.7. The summed E-state index contributed by atoms with van der Waals surface area (Å²) in [6.07, 6.45) is 3.00. The van der Waals surface area contributed by atoms with E-state index in [1.165, 1.54) is 0 Å². The number of aliphatic hydroxyl groups excluding tert-OH is 1. The summed E-state index contributed by atoms with van der Waals surface area (Å²) in [6.45, 7) is 2.90. The zero-order valence-electron chi connectivity index (χ0n) is 12.4. The molecule has 1 aliphatic heterocycles. The molecule has 0 spiro atoms. The first-order valence-corrected chi connectivity index (χ1v) is 7.58. The molecule has 0 radical (unpaired) electrons. The fourth-order valence-corrected chi connectivity index (χ4v) is 3.00. The standard InChI is InChI=1S/C14H24N2O5/c1-2-15(12-9-21-8-11(12)13(18)19)14(20)16(6-7-17)10-4-3-5-10/h10-12,17H,2-9H2,1H3,(H,18,19). The van der Waals surface area contributed by atoms with Gasteiger partial charge in [-0.1, -0.05) is 0 Å². The van der Waals surface area contributed by atoms with Gasteiger partial charge in [0.05, 0.1) is 25.9 Å². The Bertz CT molecular complexity index is 386. The Labute approximate surface area is 124 Å². The van der Waals surface area contributed by atoms with Crippen molar-refractivity contribution in [2.24, 2.45) is 5.92 Å². The number of hydrogen-bond donors (Lipinski definition) is 2. The zero-order valence-corrected chi connectivity index (χ0v) is 12.4. The van der Waals surface area contributed by atoms with Crippen molar-refractivity contribution in [3.8, 4) is 0 Å². The number of urea groups is 1. The lowest BCUT2D eigenvalue weighted by molar-refractivity contribution is -0.142. The number of amides is 2. The molecule has 0 bridgehead atoms. The number of carbonyl (C=O) groups excluding carboxylic acids is 1. The lowest BCUT2D eigenvalue weighted by Crippen LogP contribution is -2.56. The van der Waals surface area contributed by atoms with Crippen molar-refractivity contribution >= 4 is 12.0 Å². The molecule has 120 valence electrons. The first kappa shape index (κ1) is 16.0. The van der Waals surface area contributed by atoms with Crippen LogP contribution in [-0.4, -0.2) is 77.0 Å². The molecule has 7 nitrogen and oxygen atoms in total. The molecule has 2 N–H and O–H groups in total. The average molecular weight is 300 g/mol. The van der Waals surface area contributed by atoms with Gasteiger partial charge in [-0.05, 0) is 26.2 Å². The van der Waals surface area contributed by atoms with Crippen molar-refractivity contribution in [2.75, 3.05) is 32.9 Å². The van der Waals surface area contributed by atoms with E-state index in [0.29, 0.717) is 13.1 Å². The van der Waals surface area contributed by atoms with E-state index in [0.717, 1.165) is 19.3 Å². The third-order valence-corrected chi connectivity index (χ3v) is 4.46. The molecular formula is C14H24N2O5. The van der Waals surface area contributed by atoms with Crippen LogP contribution in [0.1, 0.15) is 26.2 Å². The van der Waals surface area contributed by atoms with Gasteiger partial charge >= 0.3 is 12.0 Å². The molecule has 2 aliphatic rings. The number of aliphatic carboxylic acids is 1. The zero-order chi connectivity index (χ0) is 15.4. The summed E-state index contributed by atoms with van der Waals surface area (Å²) < 4.78 is 5.26. The van der Waals surface area contributed by atoms with Crippen molar-refractivity contribution in [2.45, 2.75) is 38.3 Å². The van der Waals surface area contributed by atoms with Gasteiger partial charge in [0.2, 0.25) is 0 Å². The van der Waals surface area contributed by atoms with E-state index >= 15 is 0 Å². The lowest BCUT2D eigenvalue weighted by Gasteiger charge is -2.41. The summed E-state index contributed by atoms with van der Waals surface area (Å²) in [6, 6.07) is -0.441. The SMILES string of the molecule is CCN(C(=O)N(CCO)C1CCC1)C1COCC1C(=O)O. The second-order valence-electron chi connectivity index (χ2n) is 5.62. The van der Waals surface area contributed by atoms with Crippen LogP contribution in [0.3, 0.4) is 0 Å². The van der Waals surface area contributed by atoms with E-state index in [1.54, 1.807) is 9.80 Å². The van der Waals surface area contributed by atoms with Gasteiger partial charge < -0.3 is 24.7 Å². The van der Waals surface area contributed by atoms with Gasteiger partial charge in [0.25, 0.3) is 0 Å². The molecule has 0 aromatic heterocycles. The Kier molecular flexibility index (Phi) is 5.41. The molecule has 0 aromatic rings. The van der Waals surface area contributed by atoms with Crippen LogP contribution in [0.25, 0.3) is 0 Å². The Morgan fingerprint density at radius 3 is 2.43 bits per heavy atom. The summed E-state index contributed by atoms with van der Waals surface area (Å²) in [7, 11) is 0. The minimum absolute atomic E-state index is 0.0800. The third kappa shape index (κ3) is 3.29. The number of carboxylic acids is 1. The summed E-state index contributed by atoms with van der Waals surface area (Å²) in [5.74, 6) is -1.60. The van der Waals surface area contributed by atoms with Crippen LogP contribution in [0.15, 0.2) is 0 Å². The molecule has 2 unspecified atom stereocenters. The van der Waals surface area contributed by atoms with Gasteiger partial charge in [0.15, 0.2) is 0 Å². The second-order valence-corrected chi connectivity index (χ2v) is 5.62. The van der Waals surface area contributed by atoms with Crippen molar-refractivity contribution in [1.29, 1.82) is 0 Å². The number of ether oxygens (including phenoxy) is 1. The number of rotatable bonds is 6. The van der Waals surface area contributed by atoms with Gasteiger partial charge in [0.1, 0.15) is 5.92 Å². The van der Waals surface area contributed by atoms with E-state index in [4.69, 9.17) is 4.74 Å². The van der Waals surface area contributed by atoms with Crippen LogP contribution in [0.5, 0.6) is 0 Å². The van der Waals surface area contributed by atoms with Crippen molar-refractivity contribution < 1.29 is 24.5 Å². The number of aliphatic hydroxyl groups is 1. The largest absolute Gasteiger partial charge is 0.481 e. The second kappa shape index (κ2) is 7.09. The fourth-order valence-electron chi connectivity index (χ4n) is 3.00. The average Bonchev–Trinajstić information content (AvgIpc) is 2.86. The molecule has 2 amide bonds. The molecule has 2 atom stereocenters. The van der Waals surface area contributed by atoms with E-state index in [1.807, 2.05) is 6.92 Å². The molecule has 0 aromatic carbocycles. The highest BCUT2D eigenvalue weighted by atomic mass is 16.5.